The molecule has 0 saturated heterocycles. The van der Waals surface area contributed by atoms with Gasteiger partial charge < -0.3 is 5.32 Å². The maximum Gasteiger partial charge on any atom is 0.132 e. The molecule has 0 aliphatic rings. The Morgan fingerprint density at radius 1 is 1.22 bits per heavy atom. The number of rotatable bonds is 3. The smallest absolute Gasteiger partial charge is 0.132 e. The summed E-state index contributed by atoms with van der Waals surface area (Å²) in [5.74, 6) is 0.555. The molecule has 0 atom stereocenters. The van der Waals surface area contributed by atoms with Crippen molar-refractivity contribution < 1.29 is 0 Å². The van der Waals surface area contributed by atoms with E-state index in [2.05, 4.69) is 10.3 Å². The molecule has 1 heterocycles. The van der Waals surface area contributed by atoms with Gasteiger partial charge in [0.25, 0.3) is 0 Å². The molecule has 2 aromatic rings. The highest BCUT2D eigenvalue weighted by Gasteiger charge is 2.02. The molecule has 0 radical (unpaired) electrons. The lowest BCUT2D eigenvalue weighted by Crippen LogP contribution is -2.02. The summed E-state index contributed by atoms with van der Waals surface area (Å²) >= 11 is 11.9. The predicted molar refractivity (Wildman–Crippen MR) is 72.7 cm³/mol. The molecule has 90 valence electrons. The molecule has 1 aromatic heterocycles. The number of halogens is 2. The number of hydrogen-bond acceptors (Lipinski definition) is 3. The lowest BCUT2D eigenvalue weighted by Gasteiger charge is -2.07. The zero-order valence-corrected chi connectivity index (χ0v) is 10.8. The van der Waals surface area contributed by atoms with Crippen LogP contribution in [0.15, 0.2) is 36.4 Å². The normalized spacial score (nSPS) is 9.83. The summed E-state index contributed by atoms with van der Waals surface area (Å²) in [7, 11) is 0. The Morgan fingerprint density at radius 2 is 2.00 bits per heavy atom. The molecule has 0 bridgehead atoms. The van der Waals surface area contributed by atoms with E-state index in [9.17, 15) is 0 Å². The summed E-state index contributed by atoms with van der Waals surface area (Å²) in [6.45, 7) is 0.526. The Balaban J connectivity index is 2.14. The average molecular weight is 278 g/mol. The van der Waals surface area contributed by atoms with Crippen LogP contribution >= 0.6 is 23.2 Å². The van der Waals surface area contributed by atoms with Crippen molar-refractivity contribution in [2.24, 2.45) is 0 Å². The van der Waals surface area contributed by atoms with E-state index in [1.54, 1.807) is 6.07 Å². The Kier molecular flexibility index (Phi) is 4.03. The van der Waals surface area contributed by atoms with Gasteiger partial charge in [0.05, 0.1) is 11.6 Å². The van der Waals surface area contributed by atoms with Gasteiger partial charge in [-0.25, -0.2) is 4.98 Å². The Hall–Kier alpha value is -1.76. The largest absolute Gasteiger partial charge is 0.366 e. The van der Waals surface area contributed by atoms with E-state index in [4.69, 9.17) is 28.5 Å². The zero-order valence-electron chi connectivity index (χ0n) is 9.32. The average Bonchev–Trinajstić information content (AvgIpc) is 2.37. The first kappa shape index (κ1) is 12.7. The van der Waals surface area contributed by atoms with Crippen LogP contribution in [-0.2, 0) is 6.54 Å². The van der Waals surface area contributed by atoms with Crippen molar-refractivity contribution in [1.29, 1.82) is 5.26 Å². The van der Waals surface area contributed by atoms with E-state index < -0.39 is 0 Å². The standard InChI is InChI=1S/C13H9Cl2N3/c14-11-4-2-1-3-10(11)8-17-13-6-9(7-16)5-12(15)18-13/h1-6H,8H2,(H,17,18). The van der Waals surface area contributed by atoms with Crippen molar-refractivity contribution in [3.05, 3.63) is 57.7 Å². The van der Waals surface area contributed by atoms with Crippen LogP contribution < -0.4 is 5.32 Å². The van der Waals surface area contributed by atoms with E-state index in [1.165, 1.54) is 6.07 Å². The van der Waals surface area contributed by atoms with Crippen molar-refractivity contribution in [2.45, 2.75) is 6.54 Å². The molecule has 5 heteroatoms. The number of nitriles is 1. The van der Waals surface area contributed by atoms with Crippen LogP contribution in [0.5, 0.6) is 0 Å². The van der Waals surface area contributed by atoms with Crippen LogP contribution in [0.2, 0.25) is 10.2 Å². The minimum Gasteiger partial charge on any atom is -0.366 e. The minimum atomic E-state index is 0.288. The van der Waals surface area contributed by atoms with Crippen LogP contribution in [0.4, 0.5) is 5.82 Å². The highest BCUT2D eigenvalue weighted by Crippen LogP contribution is 2.18. The van der Waals surface area contributed by atoms with E-state index in [0.717, 1.165) is 5.56 Å². The van der Waals surface area contributed by atoms with Crippen molar-refractivity contribution in [2.75, 3.05) is 5.32 Å². The van der Waals surface area contributed by atoms with E-state index >= 15 is 0 Å². The fraction of sp³-hybridized carbons (Fsp3) is 0.0769. The van der Waals surface area contributed by atoms with Crippen LogP contribution in [0.25, 0.3) is 0 Å². The zero-order chi connectivity index (χ0) is 13.0. The van der Waals surface area contributed by atoms with Gasteiger partial charge >= 0.3 is 0 Å². The molecule has 0 spiro atoms. The predicted octanol–water partition coefficient (Wildman–Crippen LogP) is 3.87. The first-order valence-corrected chi connectivity index (χ1v) is 5.99. The van der Waals surface area contributed by atoms with Gasteiger partial charge in [0, 0.05) is 11.6 Å². The SMILES string of the molecule is N#Cc1cc(Cl)nc(NCc2ccccc2Cl)c1. The molecule has 1 N–H and O–H groups in total. The molecule has 2 rings (SSSR count). The highest BCUT2D eigenvalue weighted by atomic mass is 35.5. The molecule has 0 aliphatic heterocycles. The van der Waals surface area contributed by atoms with Crippen LogP contribution in [-0.4, -0.2) is 4.98 Å². The van der Waals surface area contributed by atoms with Gasteiger partial charge in [-0.3, -0.25) is 0 Å². The van der Waals surface area contributed by atoms with Crippen molar-refractivity contribution >= 4 is 29.0 Å². The van der Waals surface area contributed by atoms with Gasteiger partial charge in [0.1, 0.15) is 11.0 Å². The molecule has 0 amide bonds. The van der Waals surface area contributed by atoms with Gasteiger partial charge in [-0.2, -0.15) is 5.26 Å². The third-order valence-corrected chi connectivity index (χ3v) is 2.90. The summed E-state index contributed by atoms with van der Waals surface area (Å²) in [4.78, 5) is 4.09. The van der Waals surface area contributed by atoms with Crippen LogP contribution in [0.3, 0.4) is 0 Å². The maximum absolute atomic E-state index is 8.83. The van der Waals surface area contributed by atoms with Crippen LogP contribution in [0, 0.1) is 11.3 Å². The summed E-state index contributed by atoms with van der Waals surface area (Å²) < 4.78 is 0. The van der Waals surface area contributed by atoms with E-state index in [1.807, 2.05) is 30.3 Å². The Bertz CT molecular complexity index is 605. The molecular formula is C13H9Cl2N3. The molecule has 18 heavy (non-hydrogen) atoms. The molecule has 1 aromatic carbocycles. The van der Waals surface area contributed by atoms with Crippen molar-refractivity contribution in [3.8, 4) is 6.07 Å². The quantitative estimate of drug-likeness (QED) is 0.867. The topological polar surface area (TPSA) is 48.7 Å². The van der Waals surface area contributed by atoms with E-state index in [-0.39, 0.29) is 5.15 Å². The monoisotopic (exact) mass is 277 g/mol. The Morgan fingerprint density at radius 3 is 2.72 bits per heavy atom. The number of hydrogen-bond donors (Lipinski definition) is 1. The molecule has 0 saturated carbocycles. The third-order valence-electron chi connectivity index (χ3n) is 2.34. The minimum absolute atomic E-state index is 0.288. The number of nitrogens with one attached hydrogen (secondary N) is 1. The molecule has 0 unspecified atom stereocenters. The number of aromatic nitrogens is 1. The van der Waals surface area contributed by atoms with Crippen molar-refractivity contribution in [1.82, 2.24) is 4.98 Å². The number of benzene rings is 1. The maximum atomic E-state index is 8.83. The lowest BCUT2D eigenvalue weighted by atomic mass is 10.2. The first-order valence-electron chi connectivity index (χ1n) is 5.24. The molecule has 3 nitrogen and oxygen atoms in total. The van der Waals surface area contributed by atoms with Crippen molar-refractivity contribution in [3.63, 3.8) is 0 Å². The molecule has 0 aliphatic carbocycles. The third kappa shape index (κ3) is 3.13. The van der Waals surface area contributed by atoms with Gasteiger partial charge in [-0.1, -0.05) is 41.4 Å². The summed E-state index contributed by atoms with van der Waals surface area (Å²) in [5.41, 5.74) is 1.43. The van der Waals surface area contributed by atoms with Crippen LogP contribution in [0.1, 0.15) is 11.1 Å². The highest BCUT2D eigenvalue weighted by molar-refractivity contribution is 6.31. The second-order valence-corrected chi connectivity index (χ2v) is 4.41. The van der Waals surface area contributed by atoms with Gasteiger partial charge in [-0.15, -0.1) is 0 Å². The number of nitrogens with zero attached hydrogens (tertiary/aromatic N) is 2. The van der Waals surface area contributed by atoms with Gasteiger partial charge in [0.15, 0.2) is 0 Å². The fourth-order valence-electron chi connectivity index (χ4n) is 1.48. The second-order valence-electron chi connectivity index (χ2n) is 3.62. The summed E-state index contributed by atoms with van der Waals surface area (Å²) in [6, 6.07) is 12.7. The number of pyridine rings is 1. The fourth-order valence-corrected chi connectivity index (χ4v) is 1.89. The molecule has 0 fully saturated rings. The summed E-state index contributed by atoms with van der Waals surface area (Å²) in [6.07, 6.45) is 0. The van der Waals surface area contributed by atoms with Gasteiger partial charge in [0.2, 0.25) is 0 Å². The first-order chi connectivity index (χ1) is 8.69. The number of anilines is 1. The summed E-state index contributed by atoms with van der Waals surface area (Å²) in [5, 5.41) is 12.9. The molecular weight excluding hydrogens is 269 g/mol. The Labute approximate surface area is 115 Å². The van der Waals surface area contributed by atoms with Gasteiger partial charge in [-0.05, 0) is 23.8 Å². The second kappa shape index (κ2) is 5.72. The van der Waals surface area contributed by atoms with E-state index in [0.29, 0.717) is 22.9 Å². The lowest BCUT2D eigenvalue weighted by molar-refractivity contribution is 1.11.